The van der Waals surface area contributed by atoms with E-state index in [1.807, 2.05) is 0 Å². The predicted molar refractivity (Wildman–Crippen MR) is 86.2 cm³/mol. The first-order chi connectivity index (χ1) is 7.92. The Balaban J connectivity index is 0.00000289. The average Bonchev–Trinajstić information content (AvgIpc) is 2.69. The van der Waals surface area contributed by atoms with Gasteiger partial charge in [-0.05, 0) is 26.7 Å². The number of nitrogens with one attached hydrogen (secondary N) is 1. The van der Waals surface area contributed by atoms with Crippen molar-refractivity contribution in [2.75, 3.05) is 12.3 Å². The van der Waals surface area contributed by atoms with Crippen molar-refractivity contribution in [1.29, 1.82) is 0 Å². The fraction of sp³-hybridized carbons (Fsp3) is 0.909. The van der Waals surface area contributed by atoms with Gasteiger partial charge in [-0.25, -0.2) is 8.42 Å². The molecule has 1 fully saturated rings. The molecule has 108 valence electrons. The molecule has 0 aromatic rings. The number of aliphatic imine (C=N–C) groups is 1. The number of hydrogen-bond acceptors (Lipinski definition) is 3. The molecule has 0 aromatic carbocycles. The Hall–Kier alpha value is -0.0500. The van der Waals surface area contributed by atoms with Crippen molar-refractivity contribution in [3.63, 3.8) is 0 Å². The van der Waals surface area contributed by atoms with Gasteiger partial charge in [-0.1, -0.05) is 12.8 Å². The molecule has 0 heterocycles. The number of halogens is 1. The third kappa shape index (κ3) is 6.21. The highest BCUT2D eigenvalue weighted by molar-refractivity contribution is 14.0. The standard InChI is InChI=1S/C11H23N3O2S.HI/c1-9(2)17(15,16)8-7-13-11(12)14-10-5-3-4-6-10;/h9-10H,3-8H2,1-2H3,(H3,12,13,14);1H. The number of guanidine groups is 1. The van der Waals surface area contributed by atoms with Crippen LogP contribution in [0.2, 0.25) is 0 Å². The van der Waals surface area contributed by atoms with Crippen LogP contribution in [0.3, 0.4) is 0 Å². The van der Waals surface area contributed by atoms with Gasteiger partial charge in [-0.3, -0.25) is 4.99 Å². The molecule has 0 radical (unpaired) electrons. The molecule has 1 rings (SSSR count). The maximum absolute atomic E-state index is 11.5. The maximum Gasteiger partial charge on any atom is 0.188 e. The third-order valence-corrected chi connectivity index (χ3v) is 5.27. The van der Waals surface area contributed by atoms with Crippen molar-refractivity contribution in [2.24, 2.45) is 10.7 Å². The summed E-state index contributed by atoms with van der Waals surface area (Å²) in [5.74, 6) is 0.438. The average molecular weight is 389 g/mol. The Morgan fingerprint density at radius 2 is 1.94 bits per heavy atom. The van der Waals surface area contributed by atoms with Crippen molar-refractivity contribution < 1.29 is 8.42 Å². The van der Waals surface area contributed by atoms with Crippen LogP contribution in [0.5, 0.6) is 0 Å². The minimum atomic E-state index is -3.01. The number of sulfone groups is 1. The molecule has 5 nitrogen and oxygen atoms in total. The van der Waals surface area contributed by atoms with Crippen molar-refractivity contribution >= 4 is 39.8 Å². The van der Waals surface area contributed by atoms with Crippen LogP contribution < -0.4 is 11.1 Å². The first-order valence-electron chi connectivity index (χ1n) is 6.20. The van der Waals surface area contributed by atoms with E-state index in [2.05, 4.69) is 10.3 Å². The first kappa shape index (κ1) is 17.9. The van der Waals surface area contributed by atoms with E-state index >= 15 is 0 Å². The molecule has 0 aromatic heterocycles. The van der Waals surface area contributed by atoms with Crippen LogP contribution in [0.4, 0.5) is 0 Å². The van der Waals surface area contributed by atoms with Gasteiger partial charge in [0.2, 0.25) is 0 Å². The lowest BCUT2D eigenvalue weighted by atomic mass is 10.3. The Kier molecular flexibility index (Phi) is 8.16. The van der Waals surface area contributed by atoms with Crippen molar-refractivity contribution in [2.45, 2.75) is 50.8 Å². The molecule has 0 atom stereocenters. The van der Waals surface area contributed by atoms with Crippen LogP contribution in [-0.2, 0) is 9.84 Å². The molecule has 0 spiro atoms. The summed E-state index contributed by atoms with van der Waals surface area (Å²) in [5, 5.41) is 2.78. The van der Waals surface area contributed by atoms with Crippen LogP contribution >= 0.6 is 24.0 Å². The fourth-order valence-corrected chi connectivity index (χ4v) is 2.67. The number of rotatable bonds is 5. The van der Waals surface area contributed by atoms with Crippen LogP contribution in [0.25, 0.3) is 0 Å². The Bertz CT molecular complexity index is 362. The summed E-state index contributed by atoms with van der Waals surface area (Å²) in [6.07, 6.45) is 4.71. The SMILES string of the molecule is CC(C)S(=O)(=O)CCN=C(N)NC1CCCC1.I. The quantitative estimate of drug-likeness (QED) is 0.422. The molecule has 0 amide bonds. The van der Waals surface area contributed by atoms with Gasteiger partial charge in [-0.15, -0.1) is 24.0 Å². The lowest BCUT2D eigenvalue weighted by molar-refractivity contribution is 0.587. The minimum Gasteiger partial charge on any atom is -0.370 e. The highest BCUT2D eigenvalue weighted by Crippen LogP contribution is 2.17. The van der Waals surface area contributed by atoms with Gasteiger partial charge in [0, 0.05) is 6.04 Å². The summed E-state index contributed by atoms with van der Waals surface area (Å²) in [6, 6.07) is 0.417. The number of hydrogen-bond donors (Lipinski definition) is 2. The van der Waals surface area contributed by atoms with Gasteiger partial charge in [0.15, 0.2) is 15.8 Å². The monoisotopic (exact) mass is 389 g/mol. The lowest BCUT2D eigenvalue weighted by Crippen LogP contribution is -2.38. The second kappa shape index (κ2) is 8.19. The van der Waals surface area contributed by atoms with E-state index in [1.165, 1.54) is 12.8 Å². The molecule has 18 heavy (non-hydrogen) atoms. The lowest BCUT2D eigenvalue weighted by Gasteiger charge is -2.12. The molecule has 0 aliphatic heterocycles. The molecule has 0 unspecified atom stereocenters. The molecule has 0 saturated heterocycles. The normalized spacial score (nSPS) is 17.8. The summed E-state index contributed by atoms with van der Waals surface area (Å²) in [5.41, 5.74) is 5.70. The molecule has 0 bridgehead atoms. The Labute approximate surface area is 127 Å². The van der Waals surface area contributed by atoms with Crippen LogP contribution in [-0.4, -0.2) is 38.0 Å². The van der Waals surface area contributed by atoms with E-state index < -0.39 is 9.84 Å². The smallest absolute Gasteiger partial charge is 0.188 e. The van der Waals surface area contributed by atoms with Crippen molar-refractivity contribution in [1.82, 2.24) is 5.32 Å². The molecular weight excluding hydrogens is 365 g/mol. The highest BCUT2D eigenvalue weighted by atomic mass is 127. The highest BCUT2D eigenvalue weighted by Gasteiger charge is 2.16. The third-order valence-electron chi connectivity index (χ3n) is 3.08. The number of nitrogens with two attached hydrogens (primary N) is 1. The first-order valence-corrected chi connectivity index (χ1v) is 7.91. The van der Waals surface area contributed by atoms with Crippen LogP contribution in [0, 0.1) is 0 Å². The van der Waals surface area contributed by atoms with Gasteiger partial charge in [0.25, 0.3) is 0 Å². The summed E-state index contributed by atoms with van der Waals surface area (Å²) in [4.78, 5) is 4.06. The predicted octanol–water partition coefficient (Wildman–Crippen LogP) is 1.27. The van der Waals surface area contributed by atoms with Crippen molar-refractivity contribution in [3.8, 4) is 0 Å². The van der Waals surface area contributed by atoms with Gasteiger partial charge in [0.05, 0.1) is 17.5 Å². The Morgan fingerprint density at radius 1 is 1.39 bits per heavy atom. The zero-order valence-electron chi connectivity index (χ0n) is 11.1. The zero-order chi connectivity index (χ0) is 12.9. The second-order valence-electron chi connectivity index (χ2n) is 4.81. The summed E-state index contributed by atoms with van der Waals surface area (Å²) >= 11 is 0. The van der Waals surface area contributed by atoms with Gasteiger partial charge >= 0.3 is 0 Å². The topological polar surface area (TPSA) is 84.5 Å². The summed E-state index contributed by atoms with van der Waals surface area (Å²) in [6.45, 7) is 3.60. The van der Waals surface area contributed by atoms with Gasteiger partial charge < -0.3 is 11.1 Å². The zero-order valence-corrected chi connectivity index (χ0v) is 14.2. The molecule has 1 aliphatic carbocycles. The largest absolute Gasteiger partial charge is 0.370 e. The molecule has 7 heteroatoms. The van der Waals surface area contributed by atoms with E-state index in [0.29, 0.717) is 12.0 Å². The van der Waals surface area contributed by atoms with Crippen LogP contribution in [0.1, 0.15) is 39.5 Å². The summed E-state index contributed by atoms with van der Waals surface area (Å²) in [7, 11) is -3.01. The summed E-state index contributed by atoms with van der Waals surface area (Å²) < 4.78 is 23.1. The molecule has 1 saturated carbocycles. The van der Waals surface area contributed by atoms with E-state index in [4.69, 9.17) is 5.73 Å². The molecule has 1 aliphatic rings. The van der Waals surface area contributed by atoms with E-state index in [-0.39, 0.29) is 41.5 Å². The molecule has 3 N–H and O–H groups in total. The second-order valence-corrected chi connectivity index (χ2v) is 7.49. The minimum absolute atomic E-state index is 0. The van der Waals surface area contributed by atoms with E-state index in [1.54, 1.807) is 13.8 Å². The number of nitrogens with zero attached hydrogens (tertiary/aromatic N) is 1. The van der Waals surface area contributed by atoms with Crippen molar-refractivity contribution in [3.05, 3.63) is 0 Å². The van der Waals surface area contributed by atoms with Crippen LogP contribution in [0.15, 0.2) is 4.99 Å². The van der Waals surface area contributed by atoms with E-state index in [0.717, 1.165) is 12.8 Å². The Morgan fingerprint density at radius 3 is 2.44 bits per heavy atom. The fourth-order valence-electron chi connectivity index (χ4n) is 1.85. The van der Waals surface area contributed by atoms with Gasteiger partial charge in [0.1, 0.15) is 0 Å². The molecular formula is C11H24IN3O2S. The maximum atomic E-state index is 11.5. The van der Waals surface area contributed by atoms with E-state index in [9.17, 15) is 8.42 Å². The van der Waals surface area contributed by atoms with Gasteiger partial charge in [-0.2, -0.15) is 0 Å².